The highest BCUT2D eigenvalue weighted by atomic mass is 32.1. The van der Waals surface area contributed by atoms with Crippen LogP contribution in [0.15, 0.2) is 47.8 Å². The maximum atomic E-state index is 12.5. The van der Waals surface area contributed by atoms with Gasteiger partial charge in [0.1, 0.15) is 5.01 Å². The molecule has 0 unspecified atom stereocenters. The van der Waals surface area contributed by atoms with Crippen molar-refractivity contribution in [2.24, 2.45) is 5.92 Å². The molecule has 1 amide bonds. The fourth-order valence-corrected chi connectivity index (χ4v) is 4.38. The first-order valence-electron chi connectivity index (χ1n) is 10.0. The van der Waals surface area contributed by atoms with Crippen molar-refractivity contribution in [1.29, 1.82) is 0 Å². The van der Waals surface area contributed by atoms with Gasteiger partial charge in [0.15, 0.2) is 5.82 Å². The molecule has 6 nitrogen and oxygen atoms in total. The minimum atomic E-state index is 0.0694. The van der Waals surface area contributed by atoms with Gasteiger partial charge in [-0.1, -0.05) is 30.3 Å². The Hall–Kier alpha value is -2.80. The second-order valence-corrected chi connectivity index (χ2v) is 8.20. The number of hydrogen-bond donors (Lipinski definition) is 1. The molecule has 0 aliphatic carbocycles. The zero-order valence-electron chi connectivity index (χ0n) is 16.5. The maximum absolute atomic E-state index is 12.5. The van der Waals surface area contributed by atoms with Crippen molar-refractivity contribution in [2.75, 3.05) is 24.5 Å². The van der Waals surface area contributed by atoms with Crippen LogP contribution in [0, 0.1) is 12.8 Å². The van der Waals surface area contributed by atoms with Crippen molar-refractivity contribution in [3.8, 4) is 10.6 Å². The number of nitrogens with zero attached hydrogens (tertiary/aromatic N) is 4. The van der Waals surface area contributed by atoms with E-state index in [4.69, 9.17) is 0 Å². The normalized spacial score (nSPS) is 14.7. The molecule has 0 spiro atoms. The predicted molar refractivity (Wildman–Crippen MR) is 116 cm³/mol. The number of aromatic nitrogens is 3. The second-order valence-electron chi connectivity index (χ2n) is 7.35. The molecule has 3 aromatic rings. The van der Waals surface area contributed by atoms with E-state index >= 15 is 0 Å². The second kappa shape index (κ2) is 9.13. The molecule has 29 heavy (non-hydrogen) atoms. The van der Waals surface area contributed by atoms with Crippen LogP contribution >= 0.6 is 11.3 Å². The molecule has 1 aromatic carbocycles. The van der Waals surface area contributed by atoms with E-state index in [0.717, 1.165) is 60.1 Å². The number of piperidine rings is 1. The Kier molecular flexibility index (Phi) is 6.14. The Balaban J connectivity index is 1.22. The molecule has 1 saturated heterocycles. The Morgan fingerprint density at radius 1 is 1.14 bits per heavy atom. The van der Waals surface area contributed by atoms with Gasteiger partial charge >= 0.3 is 0 Å². The number of anilines is 1. The predicted octanol–water partition coefficient (Wildman–Crippen LogP) is 3.48. The summed E-state index contributed by atoms with van der Waals surface area (Å²) < 4.78 is 0. The van der Waals surface area contributed by atoms with Gasteiger partial charge in [-0.3, -0.25) is 4.79 Å². The Bertz CT molecular complexity index is 933. The fraction of sp³-hybridized carbons (Fsp3) is 0.364. The topological polar surface area (TPSA) is 71.0 Å². The van der Waals surface area contributed by atoms with E-state index < -0.39 is 0 Å². The summed E-state index contributed by atoms with van der Waals surface area (Å²) in [6, 6.07) is 14.2. The molecule has 1 aliphatic heterocycles. The summed E-state index contributed by atoms with van der Waals surface area (Å²) in [7, 11) is 0. The van der Waals surface area contributed by atoms with Crippen molar-refractivity contribution in [1.82, 2.24) is 20.5 Å². The average Bonchev–Trinajstić information content (AvgIpc) is 3.24. The Morgan fingerprint density at radius 2 is 1.93 bits per heavy atom. The summed E-state index contributed by atoms with van der Waals surface area (Å²) in [6.07, 6.45) is 2.44. The summed E-state index contributed by atoms with van der Waals surface area (Å²) >= 11 is 1.65. The van der Waals surface area contributed by atoms with Crippen LogP contribution in [0.4, 0.5) is 5.82 Å². The van der Waals surface area contributed by atoms with Crippen molar-refractivity contribution in [3.63, 3.8) is 0 Å². The summed E-state index contributed by atoms with van der Waals surface area (Å²) in [6.45, 7) is 4.23. The van der Waals surface area contributed by atoms with Crippen LogP contribution in [0.2, 0.25) is 0 Å². The van der Waals surface area contributed by atoms with Crippen LogP contribution in [-0.4, -0.2) is 40.7 Å². The third kappa shape index (κ3) is 4.98. The van der Waals surface area contributed by atoms with Gasteiger partial charge in [0.05, 0.1) is 11.4 Å². The molecule has 0 atom stereocenters. The van der Waals surface area contributed by atoms with Crippen LogP contribution in [-0.2, 0) is 11.2 Å². The van der Waals surface area contributed by atoms with Gasteiger partial charge in [-0.15, -0.1) is 16.4 Å². The zero-order chi connectivity index (χ0) is 20.1. The third-order valence-corrected chi connectivity index (χ3v) is 6.17. The summed E-state index contributed by atoms with van der Waals surface area (Å²) in [4.78, 5) is 19.4. The number of rotatable bonds is 6. The molecule has 0 radical (unpaired) electrons. The standard InChI is InChI=1S/C22H25N5OS/c1-16-7-8-20(26-25-16)27-13-10-17(11-14-27)21(28)23-12-9-19-15-29-22(24-19)18-5-3-2-4-6-18/h2-8,15,17H,9-14H2,1H3,(H,23,28). The lowest BCUT2D eigenvalue weighted by Crippen LogP contribution is -2.41. The van der Waals surface area contributed by atoms with E-state index in [2.05, 4.69) is 42.9 Å². The molecular formula is C22H25N5OS. The molecule has 1 fully saturated rings. The first-order chi connectivity index (χ1) is 14.2. The average molecular weight is 408 g/mol. The van der Waals surface area contributed by atoms with E-state index in [-0.39, 0.29) is 11.8 Å². The van der Waals surface area contributed by atoms with Gasteiger partial charge < -0.3 is 10.2 Å². The number of amides is 1. The first kappa shape index (κ1) is 19.5. The van der Waals surface area contributed by atoms with Crippen molar-refractivity contribution in [3.05, 3.63) is 59.2 Å². The fourth-order valence-electron chi connectivity index (χ4n) is 3.52. The highest BCUT2D eigenvalue weighted by molar-refractivity contribution is 7.13. The minimum Gasteiger partial charge on any atom is -0.355 e. The molecule has 150 valence electrons. The molecule has 1 aliphatic rings. The summed E-state index contributed by atoms with van der Waals surface area (Å²) in [5.41, 5.74) is 3.08. The lowest BCUT2D eigenvalue weighted by molar-refractivity contribution is -0.125. The van der Waals surface area contributed by atoms with Crippen LogP contribution in [0.5, 0.6) is 0 Å². The van der Waals surface area contributed by atoms with Gasteiger partial charge in [-0.2, -0.15) is 5.10 Å². The quantitative estimate of drug-likeness (QED) is 0.677. The van der Waals surface area contributed by atoms with Crippen molar-refractivity contribution >= 4 is 23.1 Å². The molecular weight excluding hydrogens is 382 g/mol. The molecule has 4 rings (SSSR count). The molecule has 0 saturated carbocycles. The summed E-state index contributed by atoms with van der Waals surface area (Å²) in [5.74, 6) is 1.12. The number of benzene rings is 1. The van der Waals surface area contributed by atoms with Gasteiger partial charge in [0, 0.05) is 42.9 Å². The van der Waals surface area contributed by atoms with E-state index in [0.29, 0.717) is 6.54 Å². The lowest BCUT2D eigenvalue weighted by Gasteiger charge is -2.31. The van der Waals surface area contributed by atoms with Crippen LogP contribution in [0.3, 0.4) is 0 Å². The van der Waals surface area contributed by atoms with Crippen LogP contribution in [0.1, 0.15) is 24.2 Å². The van der Waals surface area contributed by atoms with Crippen molar-refractivity contribution in [2.45, 2.75) is 26.2 Å². The Labute approximate surface area is 175 Å². The lowest BCUT2D eigenvalue weighted by atomic mass is 9.96. The highest BCUT2D eigenvalue weighted by Crippen LogP contribution is 2.24. The summed E-state index contributed by atoms with van der Waals surface area (Å²) in [5, 5.41) is 14.6. The maximum Gasteiger partial charge on any atom is 0.223 e. The van der Waals surface area contributed by atoms with Gasteiger partial charge in [0.2, 0.25) is 5.91 Å². The van der Waals surface area contributed by atoms with Crippen molar-refractivity contribution < 1.29 is 4.79 Å². The van der Waals surface area contributed by atoms with E-state index in [9.17, 15) is 4.79 Å². The van der Waals surface area contributed by atoms with E-state index in [1.54, 1.807) is 11.3 Å². The zero-order valence-corrected chi connectivity index (χ0v) is 17.4. The molecule has 2 aromatic heterocycles. The number of carbonyl (C=O) groups is 1. The smallest absolute Gasteiger partial charge is 0.223 e. The molecule has 0 bridgehead atoms. The third-order valence-electron chi connectivity index (χ3n) is 5.23. The number of nitrogens with one attached hydrogen (secondary N) is 1. The van der Waals surface area contributed by atoms with E-state index in [1.807, 2.05) is 37.3 Å². The van der Waals surface area contributed by atoms with Gasteiger partial charge in [0.25, 0.3) is 0 Å². The van der Waals surface area contributed by atoms with Gasteiger partial charge in [-0.05, 0) is 31.9 Å². The Morgan fingerprint density at radius 3 is 2.66 bits per heavy atom. The largest absolute Gasteiger partial charge is 0.355 e. The SMILES string of the molecule is Cc1ccc(N2CCC(C(=O)NCCc3csc(-c4ccccc4)n3)CC2)nn1. The molecule has 7 heteroatoms. The number of carbonyl (C=O) groups excluding carboxylic acids is 1. The number of hydrogen-bond acceptors (Lipinski definition) is 6. The van der Waals surface area contributed by atoms with Gasteiger partial charge in [-0.25, -0.2) is 4.98 Å². The van der Waals surface area contributed by atoms with Crippen LogP contribution < -0.4 is 10.2 Å². The first-order valence-corrected chi connectivity index (χ1v) is 10.9. The number of aryl methyl sites for hydroxylation is 1. The molecule has 3 heterocycles. The monoisotopic (exact) mass is 407 g/mol. The molecule has 1 N–H and O–H groups in total. The number of thiazole rings is 1. The minimum absolute atomic E-state index is 0.0694. The van der Waals surface area contributed by atoms with Crippen LogP contribution in [0.25, 0.3) is 10.6 Å². The highest BCUT2D eigenvalue weighted by Gasteiger charge is 2.25. The van der Waals surface area contributed by atoms with E-state index in [1.165, 1.54) is 0 Å².